The molecule has 3 aromatic carbocycles. The number of aromatic nitrogens is 1. The summed E-state index contributed by atoms with van der Waals surface area (Å²) in [6.45, 7) is 2.81. The number of imide groups is 1. The third-order valence-corrected chi connectivity index (χ3v) is 7.31. The van der Waals surface area contributed by atoms with Gasteiger partial charge in [0.2, 0.25) is 5.13 Å². The van der Waals surface area contributed by atoms with Gasteiger partial charge in [-0.3, -0.25) is 9.59 Å². The van der Waals surface area contributed by atoms with E-state index in [4.69, 9.17) is 0 Å². The van der Waals surface area contributed by atoms with Crippen molar-refractivity contribution in [2.45, 2.75) is 0 Å². The maximum absolute atomic E-state index is 12.9. The lowest BCUT2D eigenvalue weighted by molar-refractivity contribution is 0.0926. The summed E-state index contributed by atoms with van der Waals surface area (Å²) in [5, 5.41) is 3.29. The molecule has 3 heterocycles. The Labute approximate surface area is 205 Å². The molecule has 6 rings (SSSR count). The number of nitrogens with one attached hydrogen (secondary N) is 1. The standard InChI is InChI=1S/C26H21N5O3S/c32-23-19-8-4-5-9-20(19)24(33)31(23)26-28-21-11-10-17(16-22(21)35-26)27-25(34)30-14-12-29(13-15-30)18-6-2-1-3-7-18/h1-11,16H,12-15H2,(H,27,34). The van der Waals surface area contributed by atoms with E-state index in [0.717, 1.165) is 28.4 Å². The minimum Gasteiger partial charge on any atom is -0.368 e. The van der Waals surface area contributed by atoms with Gasteiger partial charge in [0.25, 0.3) is 11.8 Å². The van der Waals surface area contributed by atoms with Crippen molar-refractivity contribution in [3.8, 4) is 0 Å². The maximum atomic E-state index is 12.9. The van der Waals surface area contributed by atoms with Gasteiger partial charge < -0.3 is 15.1 Å². The van der Waals surface area contributed by atoms with E-state index in [1.807, 2.05) is 24.3 Å². The lowest BCUT2D eigenvalue weighted by Gasteiger charge is -2.36. The number of fused-ring (bicyclic) bond motifs is 2. The number of hydrogen-bond donors (Lipinski definition) is 1. The zero-order chi connectivity index (χ0) is 23.9. The number of urea groups is 1. The summed E-state index contributed by atoms with van der Waals surface area (Å²) in [6, 6.07) is 22.2. The van der Waals surface area contributed by atoms with E-state index >= 15 is 0 Å². The molecule has 4 aromatic rings. The lowest BCUT2D eigenvalue weighted by atomic mass is 10.1. The summed E-state index contributed by atoms with van der Waals surface area (Å²) in [5.41, 5.74) is 3.24. The smallest absolute Gasteiger partial charge is 0.321 e. The highest BCUT2D eigenvalue weighted by atomic mass is 32.1. The molecule has 0 saturated carbocycles. The largest absolute Gasteiger partial charge is 0.368 e. The van der Waals surface area contributed by atoms with E-state index < -0.39 is 0 Å². The fourth-order valence-electron chi connectivity index (χ4n) is 4.46. The van der Waals surface area contributed by atoms with Crippen LogP contribution in [-0.2, 0) is 0 Å². The molecule has 0 radical (unpaired) electrons. The van der Waals surface area contributed by atoms with E-state index in [1.165, 1.54) is 11.3 Å². The number of anilines is 3. The van der Waals surface area contributed by atoms with E-state index in [1.54, 1.807) is 41.3 Å². The van der Waals surface area contributed by atoms with Crippen LogP contribution in [0.3, 0.4) is 0 Å². The average molecular weight is 484 g/mol. The summed E-state index contributed by atoms with van der Waals surface area (Å²) < 4.78 is 0.781. The van der Waals surface area contributed by atoms with E-state index in [9.17, 15) is 14.4 Å². The lowest BCUT2D eigenvalue weighted by Crippen LogP contribution is -2.50. The van der Waals surface area contributed by atoms with Gasteiger partial charge in [0.15, 0.2) is 0 Å². The fourth-order valence-corrected chi connectivity index (χ4v) is 5.46. The first kappa shape index (κ1) is 21.3. The Hall–Kier alpha value is -4.24. The molecule has 2 aliphatic rings. The van der Waals surface area contributed by atoms with Crippen LogP contribution in [-0.4, -0.2) is 53.9 Å². The Morgan fingerprint density at radius 1 is 0.829 bits per heavy atom. The molecular formula is C26H21N5O3S. The molecule has 0 bridgehead atoms. The average Bonchev–Trinajstić information content (AvgIpc) is 3.42. The minimum atomic E-state index is -0.368. The van der Waals surface area contributed by atoms with Gasteiger partial charge in [0.05, 0.1) is 21.3 Å². The number of nitrogens with zero attached hydrogens (tertiary/aromatic N) is 4. The molecule has 1 fully saturated rings. The van der Waals surface area contributed by atoms with Crippen molar-refractivity contribution in [3.63, 3.8) is 0 Å². The van der Waals surface area contributed by atoms with Crippen LogP contribution in [0.4, 0.5) is 21.3 Å². The number of piperazine rings is 1. The molecule has 0 aliphatic carbocycles. The van der Waals surface area contributed by atoms with Crippen molar-refractivity contribution >= 4 is 55.9 Å². The van der Waals surface area contributed by atoms with Crippen LogP contribution in [0.2, 0.25) is 0 Å². The van der Waals surface area contributed by atoms with Crippen LogP contribution >= 0.6 is 11.3 Å². The quantitative estimate of drug-likeness (QED) is 0.435. The highest BCUT2D eigenvalue weighted by Gasteiger charge is 2.38. The Morgan fingerprint density at radius 2 is 1.49 bits per heavy atom. The molecule has 8 nitrogen and oxygen atoms in total. The van der Waals surface area contributed by atoms with Crippen molar-refractivity contribution < 1.29 is 14.4 Å². The number of rotatable bonds is 3. The first-order chi connectivity index (χ1) is 17.1. The zero-order valence-corrected chi connectivity index (χ0v) is 19.5. The molecule has 1 aromatic heterocycles. The summed E-state index contributed by atoms with van der Waals surface area (Å²) in [6.07, 6.45) is 0. The molecule has 1 saturated heterocycles. The highest BCUT2D eigenvalue weighted by molar-refractivity contribution is 7.22. The number of carbonyl (C=O) groups excluding carboxylic acids is 3. The summed E-state index contributed by atoms with van der Waals surface area (Å²) >= 11 is 1.25. The van der Waals surface area contributed by atoms with E-state index in [0.29, 0.717) is 40.6 Å². The van der Waals surface area contributed by atoms with Gasteiger partial charge in [-0.1, -0.05) is 41.7 Å². The molecular weight excluding hydrogens is 462 g/mol. The van der Waals surface area contributed by atoms with Crippen LogP contribution in [0.5, 0.6) is 0 Å². The fraction of sp³-hybridized carbons (Fsp3) is 0.154. The van der Waals surface area contributed by atoms with Gasteiger partial charge in [-0.05, 0) is 42.5 Å². The van der Waals surface area contributed by atoms with Gasteiger partial charge in [0.1, 0.15) is 0 Å². The molecule has 0 atom stereocenters. The third kappa shape index (κ3) is 3.79. The molecule has 9 heteroatoms. The van der Waals surface area contributed by atoms with Crippen LogP contribution in [0.15, 0.2) is 72.8 Å². The van der Waals surface area contributed by atoms with Gasteiger partial charge in [-0.15, -0.1) is 0 Å². The summed E-state index contributed by atoms with van der Waals surface area (Å²) in [4.78, 5) is 48.1. The van der Waals surface area contributed by atoms with E-state index in [-0.39, 0.29) is 17.8 Å². The molecule has 1 N–H and O–H groups in total. The van der Waals surface area contributed by atoms with Crippen molar-refractivity contribution in [3.05, 3.63) is 83.9 Å². The predicted molar refractivity (Wildman–Crippen MR) is 136 cm³/mol. The van der Waals surface area contributed by atoms with Crippen molar-refractivity contribution in [1.29, 1.82) is 0 Å². The topological polar surface area (TPSA) is 85.8 Å². The van der Waals surface area contributed by atoms with Gasteiger partial charge in [0, 0.05) is 37.6 Å². The molecule has 4 amide bonds. The zero-order valence-electron chi connectivity index (χ0n) is 18.7. The monoisotopic (exact) mass is 483 g/mol. The second-order valence-corrected chi connectivity index (χ2v) is 9.42. The first-order valence-corrected chi connectivity index (χ1v) is 12.1. The number of thiazole rings is 1. The normalized spacial score (nSPS) is 15.6. The Bertz CT molecular complexity index is 1430. The highest BCUT2D eigenvalue weighted by Crippen LogP contribution is 2.35. The molecule has 35 heavy (non-hydrogen) atoms. The van der Waals surface area contributed by atoms with Crippen molar-refractivity contribution in [2.24, 2.45) is 0 Å². The van der Waals surface area contributed by atoms with Crippen LogP contribution in [0, 0.1) is 0 Å². The second kappa shape index (κ2) is 8.52. The second-order valence-electron chi connectivity index (χ2n) is 8.41. The Kier molecular flexibility index (Phi) is 5.18. The molecule has 0 unspecified atom stereocenters. The minimum absolute atomic E-state index is 0.151. The Morgan fingerprint density at radius 3 is 2.17 bits per heavy atom. The third-order valence-electron chi connectivity index (χ3n) is 6.30. The van der Waals surface area contributed by atoms with Crippen molar-refractivity contribution in [1.82, 2.24) is 9.88 Å². The summed E-state index contributed by atoms with van der Waals surface area (Å²) in [5.74, 6) is -0.736. The number of carbonyl (C=O) groups is 3. The van der Waals surface area contributed by atoms with Crippen LogP contribution < -0.4 is 15.1 Å². The summed E-state index contributed by atoms with van der Waals surface area (Å²) in [7, 11) is 0. The SMILES string of the molecule is O=C(Nc1ccc2nc(N3C(=O)c4ccccc4C3=O)sc2c1)N1CCN(c2ccccc2)CC1. The van der Waals surface area contributed by atoms with Gasteiger partial charge in [-0.25, -0.2) is 14.7 Å². The molecule has 2 aliphatic heterocycles. The van der Waals surface area contributed by atoms with Gasteiger partial charge in [-0.2, -0.15) is 0 Å². The van der Waals surface area contributed by atoms with Crippen LogP contribution in [0.25, 0.3) is 10.2 Å². The number of benzene rings is 3. The van der Waals surface area contributed by atoms with Crippen molar-refractivity contribution in [2.75, 3.05) is 41.3 Å². The van der Waals surface area contributed by atoms with E-state index in [2.05, 4.69) is 27.3 Å². The molecule has 174 valence electrons. The Balaban J connectivity index is 1.15. The van der Waals surface area contributed by atoms with Gasteiger partial charge >= 0.3 is 6.03 Å². The number of hydrogen-bond acceptors (Lipinski definition) is 6. The predicted octanol–water partition coefficient (Wildman–Crippen LogP) is 4.45. The number of amides is 4. The first-order valence-electron chi connectivity index (χ1n) is 11.3. The maximum Gasteiger partial charge on any atom is 0.321 e. The molecule has 0 spiro atoms. The van der Waals surface area contributed by atoms with Crippen LogP contribution in [0.1, 0.15) is 20.7 Å². The number of para-hydroxylation sites is 1.